The Morgan fingerprint density at radius 3 is 2.56 bits per heavy atom. The monoisotopic (exact) mass is 491 g/mol. The van der Waals surface area contributed by atoms with Gasteiger partial charge in [0.2, 0.25) is 0 Å². The summed E-state index contributed by atoms with van der Waals surface area (Å²) in [4.78, 5) is 31.0. The van der Waals surface area contributed by atoms with Gasteiger partial charge in [-0.2, -0.15) is 5.10 Å². The third kappa shape index (κ3) is 4.87. The molecule has 36 heavy (non-hydrogen) atoms. The fourth-order valence-corrected chi connectivity index (χ4v) is 4.96. The Hall–Kier alpha value is -3.62. The number of amides is 1. The SMILES string of the molecule is CC(C)(C)OC(=O)NC[C@@H]1CCN(c2cc(C(=O)O)nc3c2c(C2CCC2)nn3-c2ccccc2)C1. The molecule has 2 aromatic heterocycles. The highest BCUT2D eigenvalue weighted by Gasteiger charge is 2.32. The number of anilines is 1. The molecule has 1 aliphatic carbocycles. The number of aromatic carboxylic acids is 1. The molecule has 3 heterocycles. The number of nitrogens with zero attached hydrogens (tertiary/aromatic N) is 4. The molecule has 1 saturated carbocycles. The predicted molar refractivity (Wildman–Crippen MR) is 137 cm³/mol. The number of carboxylic acid groups (broad SMARTS) is 1. The van der Waals surface area contributed by atoms with Crippen molar-refractivity contribution in [3.8, 4) is 5.69 Å². The molecule has 1 atom stereocenters. The number of carbonyl (C=O) groups is 2. The zero-order chi connectivity index (χ0) is 25.4. The first-order valence-electron chi connectivity index (χ1n) is 12.6. The third-order valence-corrected chi connectivity index (χ3v) is 6.92. The number of hydrogen-bond donors (Lipinski definition) is 2. The first-order valence-corrected chi connectivity index (χ1v) is 12.6. The number of aromatic nitrogens is 3. The summed E-state index contributed by atoms with van der Waals surface area (Å²) in [7, 11) is 0. The van der Waals surface area contributed by atoms with E-state index >= 15 is 0 Å². The molecule has 2 aliphatic rings. The van der Waals surface area contributed by atoms with Gasteiger partial charge in [0.25, 0.3) is 0 Å². The van der Waals surface area contributed by atoms with Crippen LogP contribution in [0.1, 0.15) is 68.6 Å². The van der Waals surface area contributed by atoms with Gasteiger partial charge in [0.05, 0.1) is 22.5 Å². The molecule has 1 aromatic carbocycles. The Balaban J connectivity index is 1.49. The number of benzene rings is 1. The summed E-state index contributed by atoms with van der Waals surface area (Å²) < 4.78 is 7.15. The molecule has 0 unspecified atom stereocenters. The number of ether oxygens (including phenoxy) is 1. The van der Waals surface area contributed by atoms with Crippen LogP contribution in [-0.4, -0.2) is 57.2 Å². The lowest BCUT2D eigenvalue weighted by molar-refractivity contribution is 0.0520. The van der Waals surface area contributed by atoms with E-state index in [0.29, 0.717) is 24.7 Å². The van der Waals surface area contributed by atoms with E-state index in [4.69, 9.17) is 9.84 Å². The van der Waals surface area contributed by atoms with Crippen LogP contribution in [0.15, 0.2) is 36.4 Å². The van der Waals surface area contributed by atoms with Gasteiger partial charge >= 0.3 is 12.1 Å². The van der Waals surface area contributed by atoms with Crippen molar-refractivity contribution >= 4 is 28.8 Å². The number of para-hydroxylation sites is 1. The molecule has 1 amide bonds. The minimum absolute atomic E-state index is 0.00469. The second-order valence-corrected chi connectivity index (χ2v) is 10.8. The van der Waals surface area contributed by atoms with Crippen LogP contribution in [0.25, 0.3) is 16.7 Å². The Kier molecular flexibility index (Phi) is 6.32. The van der Waals surface area contributed by atoms with Crippen molar-refractivity contribution in [2.45, 2.75) is 58.0 Å². The maximum Gasteiger partial charge on any atom is 0.407 e. The van der Waals surface area contributed by atoms with E-state index in [1.807, 2.05) is 51.1 Å². The Morgan fingerprint density at radius 1 is 1.17 bits per heavy atom. The largest absolute Gasteiger partial charge is 0.477 e. The predicted octanol–water partition coefficient (Wildman–Crippen LogP) is 4.74. The normalized spacial score (nSPS) is 18.3. The summed E-state index contributed by atoms with van der Waals surface area (Å²) in [5.41, 5.74) is 2.75. The summed E-state index contributed by atoms with van der Waals surface area (Å²) in [5, 5.41) is 18.7. The van der Waals surface area contributed by atoms with Gasteiger partial charge in [-0.15, -0.1) is 0 Å². The summed E-state index contributed by atoms with van der Waals surface area (Å²) in [5.74, 6) is -0.488. The van der Waals surface area contributed by atoms with Crippen LogP contribution >= 0.6 is 0 Å². The van der Waals surface area contributed by atoms with Crippen LogP contribution in [0, 0.1) is 5.92 Å². The molecule has 9 heteroatoms. The lowest BCUT2D eigenvalue weighted by atomic mass is 9.82. The Labute approximate surface area is 210 Å². The molecule has 190 valence electrons. The van der Waals surface area contributed by atoms with Crippen molar-refractivity contribution in [2.24, 2.45) is 5.92 Å². The number of nitrogens with one attached hydrogen (secondary N) is 1. The molecule has 2 fully saturated rings. The first kappa shape index (κ1) is 24.1. The number of carbonyl (C=O) groups excluding carboxylic acids is 1. The molecule has 0 bridgehead atoms. The van der Waals surface area contributed by atoms with Crippen LogP contribution in [-0.2, 0) is 4.74 Å². The zero-order valence-electron chi connectivity index (χ0n) is 21.0. The zero-order valence-corrected chi connectivity index (χ0v) is 21.0. The second kappa shape index (κ2) is 9.44. The smallest absolute Gasteiger partial charge is 0.407 e. The summed E-state index contributed by atoms with van der Waals surface area (Å²) >= 11 is 0. The van der Waals surface area contributed by atoms with E-state index in [9.17, 15) is 14.7 Å². The molecule has 0 spiro atoms. The molecular formula is C27H33N5O4. The fourth-order valence-electron chi connectivity index (χ4n) is 4.96. The molecule has 1 aliphatic heterocycles. The lowest BCUT2D eigenvalue weighted by Crippen LogP contribution is -2.36. The molecule has 3 aromatic rings. The average molecular weight is 492 g/mol. The van der Waals surface area contributed by atoms with Crippen molar-refractivity contribution in [3.63, 3.8) is 0 Å². The van der Waals surface area contributed by atoms with Gasteiger partial charge < -0.3 is 20.1 Å². The van der Waals surface area contributed by atoms with Crippen molar-refractivity contribution in [1.82, 2.24) is 20.1 Å². The van der Waals surface area contributed by atoms with Crippen molar-refractivity contribution in [3.05, 3.63) is 47.8 Å². The number of pyridine rings is 1. The minimum atomic E-state index is -1.06. The van der Waals surface area contributed by atoms with Crippen LogP contribution in [0.2, 0.25) is 0 Å². The molecule has 1 saturated heterocycles. The van der Waals surface area contributed by atoms with E-state index < -0.39 is 17.7 Å². The highest BCUT2D eigenvalue weighted by atomic mass is 16.6. The standard InChI is InChI=1S/C27H33N5O4/c1-27(2,3)36-26(35)28-15-17-12-13-31(16-17)21-14-20(25(33)34)29-24-22(21)23(18-8-7-9-18)30-32(24)19-10-5-4-6-11-19/h4-6,10-11,14,17-18H,7-9,12-13,15-16H2,1-3H3,(H,28,35)(H,33,34)/t17-/m0/s1. The molecule has 5 rings (SSSR count). The van der Waals surface area contributed by atoms with Gasteiger partial charge in [-0.3, -0.25) is 0 Å². The van der Waals surface area contributed by atoms with Crippen LogP contribution in [0.5, 0.6) is 0 Å². The lowest BCUT2D eigenvalue weighted by Gasteiger charge is -2.26. The van der Waals surface area contributed by atoms with Crippen molar-refractivity contribution < 1.29 is 19.4 Å². The van der Waals surface area contributed by atoms with E-state index in [1.54, 1.807) is 10.7 Å². The number of alkyl carbamates (subject to hydrolysis) is 1. The highest BCUT2D eigenvalue weighted by molar-refractivity contribution is 5.98. The molecule has 0 radical (unpaired) electrons. The number of rotatable bonds is 6. The van der Waals surface area contributed by atoms with Gasteiger partial charge in [0.15, 0.2) is 11.3 Å². The number of hydrogen-bond acceptors (Lipinski definition) is 6. The van der Waals surface area contributed by atoms with E-state index in [1.165, 1.54) is 6.42 Å². The quantitative estimate of drug-likeness (QED) is 0.513. The second-order valence-electron chi connectivity index (χ2n) is 10.8. The van der Waals surface area contributed by atoms with Crippen LogP contribution in [0.3, 0.4) is 0 Å². The Morgan fingerprint density at radius 2 is 1.92 bits per heavy atom. The summed E-state index contributed by atoms with van der Waals surface area (Å²) in [6, 6.07) is 11.4. The maximum atomic E-state index is 12.1. The third-order valence-electron chi connectivity index (χ3n) is 6.92. The first-order chi connectivity index (χ1) is 17.2. The molecule has 2 N–H and O–H groups in total. The Bertz CT molecular complexity index is 1280. The number of carboxylic acids is 1. The van der Waals surface area contributed by atoms with E-state index in [0.717, 1.165) is 48.3 Å². The van der Waals surface area contributed by atoms with E-state index in [2.05, 4.69) is 15.2 Å². The van der Waals surface area contributed by atoms with Gasteiger partial charge in [0.1, 0.15) is 5.60 Å². The molecular weight excluding hydrogens is 458 g/mol. The topological polar surface area (TPSA) is 110 Å². The van der Waals surface area contributed by atoms with Gasteiger partial charge in [-0.25, -0.2) is 19.3 Å². The maximum absolute atomic E-state index is 12.1. The average Bonchev–Trinajstić information content (AvgIpc) is 3.41. The van der Waals surface area contributed by atoms with Crippen molar-refractivity contribution in [2.75, 3.05) is 24.5 Å². The molecule has 9 nitrogen and oxygen atoms in total. The highest BCUT2D eigenvalue weighted by Crippen LogP contribution is 2.43. The van der Waals surface area contributed by atoms with Crippen molar-refractivity contribution in [1.29, 1.82) is 0 Å². The van der Waals surface area contributed by atoms with Gasteiger partial charge in [-0.05, 0) is 64.2 Å². The van der Waals surface area contributed by atoms with E-state index in [-0.39, 0.29) is 11.6 Å². The minimum Gasteiger partial charge on any atom is -0.477 e. The fraction of sp³-hybridized carbons (Fsp3) is 0.481. The summed E-state index contributed by atoms with van der Waals surface area (Å²) in [6.45, 7) is 7.49. The number of fused-ring (bicyclic) bond motifs is 1. The summed E-state index contributed by atoms with van der Waals surface area (Å²) in [6.07, 6.45) is 3.78. The van der Waals surface area contributed by atoms with Gasteiger partial charge in [-0.1, -0.05) is 24.6 Å². The van der Waals surface area contributed by atoms with Crippen LogP contribution in [0.4, 0.5) is 10.5 Å². The van der Waals surface area contributed by atoms with Gasteiger partial charge in [0, 0.05) is 25.6 Å². The van der Waals surface area contributed by atoms with Crippen LogP contribution < -0.4 is 10.2 Å².